The molecule has 3 rings (SSSR count). The van der Waals surface area contributed by atoms with Gasteiger partial charge in [-0.1, -0.05) is 77.8 Å². The van der Waals surface area contributed by atoms with E-state index >= 15 is 0 Å². The molecule has 0 fully saturated rings. The summed E-state index contributed by atoms with van der Waals surface area (Å²) in [6.45, 7) is 0.253. The lowest BCUT2D eigenvalue weighted by Crippen LogP contribution is -2.17. The number of aliphatic imine (C=N–C) groups is 1. The smallest absolute Gasteiger partial charge is 0.317 e. The maximum atomic E-state index is 12.4. The van der Waals surface area contributed by atoms with Crippen LogP contribution in [0.15, 0.2) is 89.6 Å². The fraction of sp³-hybridized carbons (Fsp3) is 0.0833. The van der Waals surface area contributed by atoms with E-state index < -0.39 is 5.97 Å². The van der Waals surface area contributed by atoms with Gasteiger partial charge in [-0.25, -0.2) is 4.99 Å². The number of halogens is 2. The molecular weight excluding hydrogens is 421 g/mol. The molecule has 0 unspecified atom stereocenters. The van der Waals surface area contributed by atoms with Gasteiger partial charge in [0.25, 0.3) is 5.90 Å². The molecule has 0 saturated carbocycles. The monoisotopic (exact) mass is 439 g/mol. The van der Waals surface area contributed by atoms with Crippen molar-refractivity contribution >= 4 is 41.1 Å². The molecular formula is C24H19Cl2NO3. The summed E-state index contributed by atoms with van der Waals surface area (Å²) in [5.41, 5.74) is 2.36. The van der Waals surface area contributed by atoms with Crippen LogP contribution in [-0.4, -0.2) is 17.0 Å². The summed E-state index contributed by atoms with van der Waals surface area (Å²) in [7, 11) is 0. The second kappa shape index (κ2) is 10.6. The first-order chi connectivity index (χ1) is 14.5. The number of carbonyl (C=O) groups is 1. The van der Waals surface area contributed by atoms with Gasteiger partial charge in [0.05, 0.1) is 13.0 Å². The first-order valence-corrected chi connectivity index (χ1v) is 9.95. The number of hydrogen-bond donors (Lipinski definition) is 1. The molecule has 0 radical (unpaired) electrons. The highest BCUT2D eigenvalue weighted by atomic mass is 35.5. The lowest BCUT2D eigenvalue weighted by molar-refractivity contribution is -0.134. The Balaban J connectivity index is 1.79. The largest absolute Gasteiger partial charge is 0.503 e. The number of hydrogen-bond acceptors (Lipinski definition) is 4. The summed E-state index contributed by atoms with van der Waals surface area (Å²) in [5, 5.41) is 11.7. The van der Waals surface area contributed by atoms with Crippen LogP contribution in [-0.2, 0) is 22.5 Å². The van der Waals surface area contributed by atoms with E-state index in [0.29, 0.717) is 15.6 Å². The van der Waals surface area contributed by atoms with Crippen molar-refractivity contribution in [2.24, 2.45) is 4.99 Å². The zero-order chi connectivity index (χ0) is 21.3. The summed E-state index contributed by atoms with van der Waals surface area (Å²) in [6, 6.07) is 23.3. The maximum absolute atomic E-state index is 12.4. The second-order valence-electron chi connectivity index (χ2n) is 6.47. The molecule has 3 aromatic carbocycles. The zero-order valence-electron chi connectivity index (χ0n) is 16.0. The fourth-order valence-corrected chi connectivity index (χ4v) is 2.86. The van der Waals surface area contributed by atoms with E-state index in [9.17, 15) is 9.90 Å². The first kappa shape index (κ1) is 21.6. The molecule has 3 aromatic rings. The number of nitrogens with zero attached hydrogens (tertiary/aromatic N) is 1. The van der Waals surface area contributed by atoms with Gasteiger partial charge in [0.2, 0.25) is 0 Å². The Morgan fingerprint density at radius 1 is 0.867 bits per heavy atom. The number of carbonyl (C=O) groups excluding carboxylic acids is 1. The highest BCUT2D eigenvalue weighted by molar-refractivity contribution is 6.30. The van der Waals surface area contributed by atoms with Gasteiger partial charge in [0.15, 0.2) is 5.76 Å². The Labute approximate surface area is 185 Å². The second-order valence-corrected chi connectivity index (χ2v) is 7.34. The third-order valence-corrected chi connectivity index (χ3v) is 4.62. The number of esters is 1. The van der Waals surface area contributed by atoms with E-state index in [1.165, 1.54) is 6.08 Å². The van der Waals surface area contributed by atoms with Crippen LogP contribution < -0.4 is 0 Å². The van der Waals surface area contributed by atoms with Crippen molar-refractivity contribution in [3.8, 4) is 0 Å². The Hall–Kier alpha value is -3.08. The predicted octanol–water partition coefficient (Wildman–Crippen LogP) is 6.28. The molecule has 0 atom stereocenters. The normalized spacial score (nSPS) is 11.9. The van der Waals surface area contributed by atoms with Gasteiger partial charge in [0.1, 0.15) is 0 Å². The lowest BCUT2D eigenvalue weighted by Gasteiger charge is -2.08. The third kappa shape index (κ3) is 6.76. The van der Waals surface area contributed by atoms with Gasteiger partial charge in [-0.2, -0.15) is 0 Å². The summed E-state index contributed by atoms with van der Waals surface area (Å²) in [4.78, 5) is 16.7. The van der Waals surface area contributed by atoms with Crippen molar-refractivity contribution < 1.29 is 14.6 Å². The average molecular weight is 440 g/mol. The molecule has 0 amide bonds. The summed E-state index contributed by atoms with van der Waals surface area (Å²) >= 11 is 11.8. The molecule has 0 heterocycles. The minimum atomic E-state index is -0.541. The number of rotatable bonds is 6. The highest BCUT2D eigenvalue weighted by Gasteiger charge is 2.14. The standard InChI is InChI=1S/C24H19Cl2NO3/c25-20-10-6-17(7-11-20)14-22(28)24(27-16-19-4-2-1-3-5-19)30-23(29)15-18-8-12-21(26)13-9-18/h1-14,28H,15-16H2/b22-14-,27-24?. The van der Waals surface area contributed by atoms with Crippen molar-refractivity contribution in [2.45, 2.75) is 13.0 Å². The van der Waals surface area contributed by atoms with Crippen molar-refractivity contribution in [2.75, 3.05) is 0 Å². The van der Waals surface area contributed by atoms with Gasteiger partial charge in [-0.05, 0) is 47.0 Å². The molecule has 30 heavy (non-hydrogen) atoms. The summed E-state index contributed by atoms with van der Waals surface area (Å²) in [5.74, 6) is -0.939. The number of benzene rings is 3. The van der Waals surface area contributed by atoms with Gasteiger partial charge in [0, 0.05) is 10.0 Å². The van der Waals surface area contributed by atoms with Crippen LogP contribution >= 0.6 is 23.2 Å². The van der Waals surface area contributed by atoms with E-state index in [4.69, 9.17) is 27.9 Å². The molecule has 6 heteroatoms. The third-order valence-electron chi connectivity index (χ3n) is 4.11. The number of aliphatic hydroxyl groups is 1. The van der Waals surface area contributed by atoms with Gasteiger partial charge < -0.3 is 9.84 Å². The fourth-order valence-electron chi connectivity index (χ4n) is 2.60. The van der Waals surface area contributed by atoms with E-state index in [1.54, 1.807) is 48.5 Å². The minimum Gasteiger partial charge on any atom is -0.503 e. The van der Waals surface area contributed by atoms with Crippen molar-refractivity contribution in [1.82, 2.24) is 0 Å². The Kier molecular flexibility index (Phi) is 7.66. The van der Waals surface area contributed by atoms with Crippen molar-refractivity contribution in [1.29, 1.82) is 0 Å². The molecule has 0 aliphatic carbocycles. The summed E-state index contributed by atoms with van der Waals surface area (Å²) in [6.07, 6.45) is 1.49. The molecule has 0 aliphatic rings. The Morgan fingerprint density at radius 2 is 1.47 bits per heavy atom. The van der Waals surface area contributed by atoms with Crippen LogP contribution in [0.3, 0.4) is 0 Å². The van der Waals surface area contributed by atoms with E-state index in [2.05, 4.69) is 4.99 Å². The molecule has 1 N–H and O–H groups in total. The highest BCUT2D eigenvalue weighted by Crippen LogP contribution is 2.15. The van der Waals surface area contributed by atoms with Crippen LogP contribution in [0.4, 0.5) is 0 Å². The quantitative estimate of drug-likeness (QED) is 0.213. The van der Waals surface area contributed by atoms with E-state index in [0.717, 1.165) is 11.1 Å². The predicted molar refractivity (Wildman–Crippen MR) is 121 cm³/mol. The molecule has 4 nitrogen and oxygen atoms in total. The molecule has 0 bridgehead atoms. The van der Waals surface area contributed by atoms with Crippen LogP contribution in [0.2, 0.25) is 10.0 Å². The van der Waals surface area contributed by atoms with Crippen LogP contribution in [0.5, 0.6) is 0 Å². The zero-order valence-corrected chi connectivity index (χ0v) is 17.5. The minimum absolute atomic E-state index is 0.0236. The Morgan fingerprint density at radius 3 is 2.10 bits per heavy atom. The first-order valence-electron chi connectivity index (χ1n) is 9.20. The molecule has 0 saturated heterocycles. The van der Waals surface area contributed by atoms with Gasteiger partial charge in [-0.15, -0.1) is 0 Å². The Bertz CT molecular complexity index is 1040. The average Bonchev–Trinajstić information content (AvgIpc) is 2.75. The SMILES string of the molecule is O=C(Cc1ccc(Cl)cc1)OC(=NCc1ccccc1)/C(O)=C/c1ccc(Cl)cc1. The maximum Gasteiger partial charge on any atom is 0.317 e. The van der Waals surface area contributed by atoms with Crippen LogP contribution in [0.1, 0.15) is 16.7 Å². The van der Waals surface area contributed by atoms with Crippen molar-refractivity contribution in [3.63, 3.8) is 0 Å². The lowest BCUT2D eigenvalue weighted by atomic mass is 10.1. The molecule has 0 spiro atoms. The topological polar surface area (TPSA) is 58.9 Å². The molecule has 0 aromatic heterocycles. The van der Waals surface area contributed by atoms with Gasteiger partial charge >= 0.3 is 5.97 Å². The van der Waals surface area contributed by atoms with Gasteiger partial charge in [-0.3, -0.25) is 4.79 Å². The van der Waals surface area contributed by atoms with Crippen LogP contribution in [0, 0.1) is 0 Å². The van der Waals surface area contributed by atoms with Crippen LogP contribution in [0.25, 0.3) is 6.08 Å². The summed E-state index contributed by atoms with van der Waals surface area (Å²) < 4.78 is 5.40. The number of aliphatic hydroxyl groups excluding tert-OH is 1. The molecule has 152 valence electrons. The van der Waals surface area contributed by atoms with Crippen molar-refractivity contribution in [3.05, 3.63) is 111 Å². The molecule has 0 aliphatic heterocycles. The van der Waals surface area contributed by atoms with E-state index in [1.807, 2.05) is 30.3 Å². The van der Waals surface area contributed by atoms with E-state index in [-0.39, 0.29) is 24.6 Å². The number of ether oxygens (including phenoxy) is 1.